The van der Waals surface area contributed by atoms with E-state index in [0.717, 1.165) is 6.26 Å². The minimum atomic E-state index is -4.21. The molecule has 0 amide bonds. The van der Waals surface area contributed by atoms with Crippen LogP contribution in [0.25, 0.3) is 22.2 Å². The highest BCUT2D eigenvalue weighted by Crippen LogP contribution is 2.45. The average molecular weight is 518 g/mol. The van der Waals surface area contributed by atoms with Crippen molar-refractivity contribution in [2.45, 2.75) is 9.79 Å². The monoisotopic (exact) mass is 517 g/mol. The standard InChI is InChI=1S/C23H23N3O7S2/c1-31-18-12-10-15(22(32-2)23(18)33-3)21-16-13-14(9-11-17(16)24-25-21)26-35(29,30)20-8-6-5-7-19(20)34(4,27)28/h5-13,26H,1-4H3,(H,24,25). The van der Waals surface area contributed by atoms with Gasteiger partial charge >= 0.3 is 0 Å². The normalized spacial score (nSPS) is 11.9. The number of rotatable bonds is 8. The molecule has 0 aliphatic carbocycles. The predicted molar refractivity (Wildman–Crippen MR) is 132 cm³/mol. The molecule has 12 heteroatoms. The highest BCUT2D eigenvalue weighted by Gasteiger charge is 2.25. The second kappa shape index (κ2) is 9.12. The topological polar surface area (TPSA) is 137 Å². The van der Waals surface area contributed by atoms with E-state index in [0.29, 0.717) is 39.4 Å². The summed E-state index contributed by atoms with van der Waals surface area (Å²) in [6.45, 7) is 0. The second-order valence-corrected chi connectivity index (χ2v) is 11.2. The summed E-state index contributed by atoms with van der Waals surface area (Å²) < 4.78 is 69.3. The van der Waals surface area contributed by atoms with Gasteiger partial charge in [0, 0.05) is 22.9 Å². The molecule has 10 nitrogen and oxygen atoms in total. The Bertz CT molecular complexity index is 1630. The summed E-state index contributed by atoms with van der Waals surface area (Å²) >= 11 is 0. The Morgan fingerprint density at radius 1 is 0.829 bits per heavy atom. The fourth-order valence-corrected chi connectivity index (χ4v) is 6.44. The van der Waals surface area contributed by atoms with E-state index in [-0.39, 0.29) is 15.5 Å². The quantitative estimate of drug-likeness (QED) is 0.363. The fourth-order valence-electron chi connectivity index (χ4n) is 3.76. The largest absolute Gasteiger partial charge is 0.493 e. The molecule has 3 aromatic carbocycles. The van der Waals surface area contributed by atoms with E-state index >= 15 is 0 Å². The summed E-state index contributed by atoms with van der Waals surface area (Å²) in [6.07, 6.45) is 0.960. The van der Waals surface area contributed by atoms with Gasteiger partial charge in [-0.1, -0.05) is 12.1 Å². The minimum Gasteiger partial charge on any atom is -0.493 e. The Balaban J connectivity index is 1.81. The zero-order valence-electron chi connectivity index (χ0n) is 19.3. The second-order valence-electron chi connectivity index (χ2n) is 7.54. The number of anilines is 1. The number of fused-ring (bicyclic) bond motifs is 1. The van der Waals surface area contributed by atoms with Crippen LogP contribution in [0, 0.1) is 0 Å². The molecule has 0 aliphatic rings. The summed E-state index contributed by atoms with van der Waals surface area (Å²) in [4.78, 5) is -0.621. The van der Waals surface area contributed by atoms with Crippen molar-refractivity contribution in [2.24, 2.45) is 0 Å². The van der Waals surface area contributed by atoms with Crippen LogP contribution >= 0.6 is 0 Å². The van der Waals surface area contributed by atoms with Crippen molar-refractivity contribution >= 4 is 36.5 Å². The van der Waals surface area contributed by atoms with Gasteiger partial charge in [-0.25, -0.2) is 16.8 Å². The van der Waals surface area contributed by atoms with Crippen LogP contribution in [0.2, 0.25) is 0 Å². The number of nitrogens with zero attached hydrogens (tertiary/aromatic N) is 1. The first-order chi connectivity index (χ1) is 16.6. The summed E-state index contributed by atoms with van der Waals surface area (Å²) in [7, 11) is -3.47. The third-order valence-corrected chi connectivity index (χ3v) is 8.04. The van der Waals surface area contributed by atoms with Crippen LogP contribution in [0.5, 0.6) is 17.2 Å². The SMILES string of the molecule is COc1ccc(-c2n[nH]c3ccc(NS(=O)(=O)c4ccccc4S(C)(=O)=O)cc23)c(OC)c1OC. The van der Waals surface area contributed by atoms with Gasteiger partial charge in [-0.2, -0.15) is 5.10 Å². The van der Waals surface area contributed by atoms with Gasteiger partial charge in [0.2, 0.25) is 5.75 Å². The highest BCUT2D eigenvalue weighted by atomic mass is 32.2. The summed E-state index contributed by atoms with van der Waals surface area (Å²) in [5, 5.41) is 7.91. The number of aromatic nitrogens is 2. The Kier molecular flexibility index (Phi) is 6.34. The number of nitrogens with one attached hydrogen (secondary N) is 2. The Labute approximate surface area is 202 Å². The molecular weight excluding hydrogens is 494 g/mol. The Morgan fingerprint density at radius 3 is 2.14 bits per heavy atom. The minimum absolute atomic E-state index is 0.225. The molecule has 2 N–H and O–H groups in total. The molecule has 0 radical (unpaired) electrons. The smallest absolute Gasteiger partial charge is 0.263 e. The maximum Gasteiger partial charge on any atom is 0.263 e. The molecule has 0 spiro atoms. The lowest BCUT2D eigenvalue weighted by Gasteiger charge is -2.15. The van der Waals surface area contributed by atoms with Gasteiger partial charge in [0.05, 0.1) is 31.7 Å². The van der Waals surface area contributed by atoms with Crippen LogP contribution in [-0.4, -0.2) is 54.6 Å². The van der Waals surface area contributed by atoms with E-state index in [1.807, 2.05) is 0 Å². The molecule has 4 rings (SSSR count). The lowest BCUT2D eigenvalue weighted by Crippen LogP contribution is -2.16. The van der Waals surface area contributed by atoms with Gasteiger partial charge in [-0.3, -0.25) is 9.82 Å². The van der Waals surface area contributed by atoms with E-state index in [1.165, 1.54) is 45.6 Å². The van der Waals surface area contributed by atoms with Gasteiger partial charge in [-0.05, 0) is 42.5 Å². The van der Waals surface area contributed by atoms with Gasteiger partial charge in [0.25, 0.3) is 10.0 Å². The van der Waals surface area contributed by atoms with E-state index in [1.54, 1.807) is 30.3 Å². The molecule has 0 aliphatic heterocycles. The number of sulfone groups is 1. The van der Waals surface area contributed by atoms with Crippen molar-refractivity contribution in [3.8, 4) is 28.5 Å². The number of hydrogen-bond donors (Lipinski definition) is 2. The van der Waals surface area contributed by atoms with Crippen LogP contribution in [0.15, 0.2) is 64.4 Å². The van der Waals surface area contributed by atoms with Crippen molar-refractivity contribution < 1.29 is 31.0 Å². The maximum atomic E-state index is 13.1. The molecule has 0 unspecified atom stereocenters. The zero-order valence-corrected chi connectivity index (χ0v) is 21.0. The molecule has 1 aromatic heterocycles. The number of aromatic amines is 1. The summed E-state index contributed by atoms with van der Waals surface area (Å²) in [5.74, 6) is 1.26. The molecular formula is C23H23N3O7S2. The lowest BCUT2D eigenvalue weighted by atomic mass is 10.1. The number of sulfonamides is 1. The Morgan fingerprint density at radius 2 is 1.51 bits per heavy atom. The molecule has 4 aromatic rings. The number of methoxy groups -OCH3 is 3. The number of benzene rings is 3. The van der Waals surface area contributed by atoms with Crippen molar-refractivity contribution in [1.82, 2.24) is 10.2 Å². The molecule has 0 fully saturated rings. The summed E-state index contributed by atoms with van der Waals surface area (Å²) in [6, 6.07) is 13.7. The molecule has 35 heavy (non-hydrogen) atoms. The first-order valence-corrected chi connectivity index (χ1v) is 13.6. The van der Waals surface area contributed by atoms with E-state index < -0.39 is 19.9 Å². The van der Waals surface area contributed by atoms with E-state index in [2.05, 4.69) is 14.9 Å². The van der Waals surface area contributed by atoms with Crippen LogP contribution < -0.4 is 18.9 Å². The van der Waals surface area contributed by atoms with Gasteiger partial charge in [0.1, 0.15) is 10.6 Å². The zero-order chi connectivity index (χ0) is 25.4. The third kappa shape index (κ3) is 4.49. The highest BCUT2D eigenvalue weighted by molar-refractivity contribution is 7.95. The van der Waals surface area contributed by atoms with Crippen molar-refractivity contribution in [1.29, 1.82) is 0 Å². The van der Waals surface area contributed by atoms with Crippen molar-refractivity contribution in [3.05, 3.63) is 54.6 Å². The molecule has 0 bridgehead atoms. The first-order valence-electron chi connectivity index (χ1n) is 10.2. The average Bonchev–Trinajstić information content (AvgIpc) is 3.25. The van der Waals surface area contributed by atoms with E-state index in [9.17, 15) is 16.8 Å². The summed E-state index contributed by atoms with van der Waals surface area (Å²) in [5.41, 5.74) is 1.97. The molecule has 0 saturated heterocycles. The van der Waals surface area contributed by atoms with Crippen LogP contribution in [0.1, 0.15) is 0 Å². The van der Waals surface area contributed by atoms with E-state index in [4.69, 9.17) is 14.2 Å². The van der Waals surface area contributed by atoms with Crippen LogP contribution in [0.3, 0.4) is 0 Å². The number of ether oxygens (including phenoxy) is 3. The van der Waals surface area contributed by atoms with Crippen molar-refractivity contribution in [2.75, 3.05) is 32.3 Å². The first kappa shape index (κ1) is 24.4. The predicted octanol–water partition coefficient (Wildman–Crippen LogP) is 3.46. The van der Waals surface area contributed by atoms with Gasteiger partial charge < -0.3 is 14.2 Å². The maximum absolute atomic E-state index is 13.1. The van der Waals surface area contributed by atoms with Crippen LogP contribution in [-0.2, 0) is 19.9 Å². The number of H-pyrrole nitrogens is 1. The lowest BCUT2D eigenvalue weighted by molar-refractivity contribution is 0.325. The molecule has 184 valence electrons. The van der Waals surface area contributed by atoms with Crippen LogP contribution in [0.4, 0.5) is 5.69 Å². The van der Waals surface area contributed by atoms with Crippen molar-refractivity contribution in [3.63, 3.8) is 0 Å². The number of hydrogen-bond acceptors (Lipinski definition) is 8. The van der Waals surface area contributed by atoms with Gasteiger partial charge in [-0.15, -0.1) is 0 Å². The molecule has 1 heterocycles. The fraction of sp³-hybridized carbons (Fsp3) is 0.174. The third-order valence-electron chi connectivity index (χ3n) is 5.31. The Hall–Kier alpha value is -3.77. The molecule has 0 atom stereocenters. The van der Waals surface area contributed by atoms with Gasteiger partial charge in [0.15, 0.2) is 21.3 Å². The molecule has 0 saturated carbocycles.